The van der Waals surface area contributed by atoms with Gasteiger partial charge >= 0.3 is 5.97 Å². The number of aryl methyl sites for hydroxylation is 1. The molecular weight excluding hydrogens is 290 g/mol. The van der Waals surface area contributed by atoms with Crippen LogP contribution >= 0.6 is 0 Å². The summed E-state index contributed by atoms with van der Waals surface area (Å²) in [6, 6.07) is 4.27. The molecule has 0 aliphatic carbocycles. The number of amides is 1. The number of nitro groups is 1. The second kappa shape index (κ2) is 7.51. The van der Waals surface area contributed by atoms with Gasteiger partial charge in [0, 0.05) is 20.2 Å². The Kier molecular flexibility index (Phi) is 6.00. The number of nitro benzene ring substituents is 1. The Morgan fingerprint density at radius 3 is 2.45 bits per heavy atom. The van der Waals surface area contributed by atoms with E-state index in [4.69, 9.17) is 4.74 Å². The van der Waals surface area contributed by atoms with Crippen molar-refractivity contribution >= 4 is 17.6 Å². The summed E-state index contributed by atoms with van der Waals surface area (Å²) in [5, 5.41) is 13.6. The monoisotopic (exact) mass is 309 g/mol. The second-order valence-electron chi connectivity index (χ2n) is 4.79. The van der Waals surface area contributed by atoms with Crippen LogP contribution < -0.4 is 0 Å². The number of benzene rings is 1. The van der Waals surface area contributed by atoms with Gasteiger partial charge in [-0.15, -0.1) is 0 Å². The molecule has 0 heterocycles. The zero-order valence-electron chi connectivity index (χ0n) is 13.0. The quantitative estimate of drug-likeness (QED) is 0.448. The molecular formula is C14H19N3O5. The zero-order chi connectivity index (χ0) is 16.9. The third-order valence-electron chi connectivity index (χ3n) is 2.88. The predicted molar refractivity (Wildman–Crippen MR) is 79.2 cm³/mol. The number of hydrogen-bond donors (Lipinski definition) is 0. The van der Waals surface area contributed by atoms with Gasteiger partial charge in [-0.1, -0.05) is 6.07 Å². The third-order valence-corrected chi connectivity index (χ3v) is 2.88. The highest BCUT2D eigenvalue weighted by molar-refractivity contribution is 5.99. The summed E-state index contributed by atoms with van der Waals surface area (Å²) in [5.41, 5.74) is 0.345. The molecule has 0 saturated carbocycles. The third kappa shape index (κ3) is 4.26. The van der Waals surface area contributed by atoms with E-state index in [0.29, 0.717) is 5.56 Å². The summed E-state index contributed by atoms with van der Waals surface area (Å²) in [6.45, 7) is 3.26. The fourth-order valence-electron chi connectivity index (χ4n) is 1.84. The molecule has 1 rings (SSSR count). The molecule has 8 nitrogen and oxygen atoms in total. The minimum atomic E-state index is -0.631. The lowest BCUT2D eigenvalue weighted by Gasteiger charge is -2.27. The lowest BCUT2D eigenvalue weighted by atomic mass is 10.1. The number of carbonyl (C=O) groups excluding carboxylic acids is 2. The number of esters is 1. The van der Waals surface area contributed by atoms with Gasteiger partial charge in [0.05, 0.1) is 11.5 Å². The van der Waals surface area contributed by atoms with E-state index in [9.17, 15) is 19.7 Å². The van der Waals surface area contributed by atoms with Gasteiger partial charge in [0.25, 0.3) is 11.6 Å². The summed E-state index contributed by atoms with van der Waals surface area (Å²) in [5.74, 6) is -1.21. The zero-order valence-corrected chi connectivity index (χ0v) is 13.0. The molecule has 0 aromatic heterocycles. The van der Waals surface area contributed by atoms with Crippen LogP contribution in [0.1, 0.15) is 22.8 Å². The Bertz CT molecular complexity index is 586. The van der Waals surface area contributed by atoms with Crippen molar-refractivity contribution < 1.29 is 19.2 Å². The van der Waals surface area contributed by atoms with Gasteiger partial charge in [-0.05, 0) is 25.5 Å². The molecule has 120 valence electrons. The van der Waals surface area contributed by atoms with E-state index in [0.717, 1.165) is 5.01 Å². The standard InChI is InChI=1S/C14H19N3O5/c1-5-22-13(18)9-16(15(3)4)14(19)11-8-10(2)6-7-12(11)17(20)21/h6-8H,5,9H2,1-4H3. The molecule has 0 saturated heterocycles. The lowest BCUT2D eigenvalue weighted by Crippen LogP contribution is -2.45. The normalized spacial score (nSPS) is 10.4. The predicted octanol–water partition coefficient (Wildman–Crippen LogP) is 1.39. The van der Waals surface area contributed by atoms with Crippen LogP contribution in [0, 0.1) is 17.0 Å². The molecule has 1 aromatic rings. The number of hydrogen-bond acceptors (Lipinski definition) is 6. The van der Waals surface area contributed by atoms with E-state index in [2.05, 4.69) is 0 Å². The van der Waals surface area contributed by atoms with Gasteiger partial charge in [0.1, 0.15) is 12.1 Å². The summed E-state index contributed by atoms with van der Waals surface area (Å²) in [4.78, 5) is 34.6. The maximum absolute atomic E-state index is 12.6. The molecule has 0 spiro atoms. The van der Waals surface area contributed by atoms with E-state index < -0.39 is 16.8 Å². The average molecular weight is 309 g/mol. The van der Waals surface area contributed by atoms with Crippen molar-refractivity contribution in [3.63, 3.8) is 0 Å². The van der Waals surface area contributed by atoms with Crippen molar-refractivity contribution in [2.24, 2.45) is 0 Å². The summed E-state index contributed by atoms with van der Waals surface area (Å²) >= 11 is 0. The Hall–Kier alpha value is -2.48. The lowest BCUT2D eigenvalue weighted by molar-refractivity contribution is -0.385. The molecule has 0 radical (unpaired) electrons. The van der Waals surface area contributed by atoms with Crippen molar-refractivity contribution in [2.45, 2.75) is 13.8 Å². The van der Waals surface area contributed by atoms with Crippen LogP contribution in [0.25, 0.3) is 0 Å². The average Bonchev–Trinajstić information content (AvgIpc) is 2.43. The van der Waals surface area contributed by atoms with E-state index in [1.165, 1.54) is 17.1 Å². The van der Waals surface area contributed by atoms with Crippen LogP contribution in [0.5, 0.6) is 0 Å². The van der Waals surface area contributed by atoms with Gasteiger partial charge in [-0.25, -0.2) is 5.01 Å². The number of ether oxygens (including phenoxy) is 1. The van der Waals surface area contributed by atoms with Crippen molar-refractivity contribution in [1.29, 1.82) is 0 Å². The van der Waals surface area contributed by atoms with Crippen molar-refractivity contribution in [3.8, 4) is 0 Å². The highest BCUT2D eigenvalue weighted by Gasteiger charge is 2.28. The summed E-state index contributed by atoms with van der Waals surface area (Å²) < 4.78 is 4.82. The molecule has 0 unspecified atom stereocenters. The molecule has 0 aliphatic rings. The molecule has 1 amide bonds. The molecule has 22 heavy (non-hydrogen) atoms. The Morgan fingerprint density at radius 2 is 1.95 bits per heavy atom. The molecule has 0 bridgehead atoms. The van der Waals surface area contributed by atoms with Crippen molar-refractivity contribution in [2.75, 3.05) is 27.2 Å². The number of hydrazine groups is 1. The molecule has 8 heteroatoms. The maximum atomic E-state index is 12.6. The molecule has 1 aromatic carbocycles. The summed E-state index contributed by atoms with van der Waals surface area (Å²) in [6.07, 6.45) is 0. The highest BCUT2D eigenvalue weighted by atomic mass is 16.6. The number of nitrogens with zero attached hydrogens (tertiary/aromatic N) is 3. The van der Waals surface area contributed by atoms with Crippen molar-refractivity contribution in [1.82, 2.24) is 10.0 Å². The topological polar surface area (TPSA) is 93.0 Å². The molecule has 0 atom stereocenters. The van der Waals surface area contributed by atoms with Gasteiger partial charge in [-0.3, -0.25) is 24.7 Å². The van der Waals surface area contributed by atoms with Crippen LogP contribution in [0.15, 0.2) is 18.2 Å². The maximum Gasteiger partial charge on any atom is 0.327 e. The smallest absolute Gasteiger partial charge is 0.327 e. The first-order chi connectivity index (χ1) is 10.3. The number of carbonyl (C=O) groups is 2. The first kappa shape index (κ1) is 17.6. The SMILES string of the molecule is CCOC(=O)CN(C(=O)c1cc(C)ccc1[N+](=O)[O-])N(C)C. The fraction of sp³-hybridized carbons (Fsp3) is 0.429. The minimum absolute atomic E-state index is 0.0667. The first-order valence-corrected chi connectivity index (χ1v) is 6.67. The first-order valence-electron chi connectivity index (χ1n) is 6.67. The highest BCUT2D eigenvalue weighted by Crippen LogP contribution is 2.22. The molecule has 0 N–H and O–H groups in total. The van der Waals surface area contributed by atoms with E-state index >= 15 is 0 Å². The van der Waals surface area contributed by atoms with Crippen LogP contribution in [-0.4, -0.2) is 54.1 Å². The van der Waals surface area contributed by atoms with Gasteiger partial charge in [0.2, 0.25) is 0 Å². The van der Waals surface area contributed by atoms with Crippen LogP contribution in [-0.2, 0) is 9.53 Å². The largest absolute Gasteiger partial charge is 0.465 e. The molecule has 0 fully saturated rings. The minimum Gasteiger partial charge on any atom is -0.465 e. The van der Waals surface area contributed by atoms with Crippen LogP contribution in [0.2, 0.25) is 0 Å². The summed E-state index contributed by atoms with van der Waals surface area (Å²) in [7, 11) is 3.14. The van der Waals surface area contributed by atoms with E-state index in [-0.39, 0.29) is 24.4 Å². The van der Waals surface area contributed by atoms with E-state index in [1.54, 1.807) is 34.0 Å². The fourth-order valence-corrected chi connectivity index (χ4v) is 1.84. The van der Waals surface area contributed by atoms with Crippen LogP contribution in [0.4, 0.5) is 5.69 Å². The Morgan fingerprint density at radius 1 is 1.32 bits per heavy atom. The number of rotatable bonds is 6. The van der Waals surface area contributed by atoms with Crippen LogP contribution in [0.3, 0.4) is 0 Å². The van der Waals surface area contributed by atoms with Gasteiger partial charge < -0.3 is 4.74 Å². The van der Waals surface area contributed by atoms with E-state index in [1.807, 2.05) is 0 Å². The second-order valence-corrected chi connectivity index (χ2v) is 4.79. The van der Waals surface area contributed by atoms with Gasteiger partial charge in [-0.2, -0.15) is 0 Å². The Labute approximate surface area is 128 Å². The van der Waals surface area contributed by atoms with Crippen molar-refractivity contribution in [3.05, 3.63) is 39.4 Å². The van der Waals surface area contributed by atoms with Gasteiger partial charge in [0.15, 0.2) is 0 Å². The molecule has 0 aliphatic heterocycles. The Balaban J connectivity index is 3.17.